The lowest BCUT2D eigenvalue weighted by Gasteiger charge is -2.12. The van der Waals surface area contributed by atoms with Crippen molar-refractivity contribution in [1.82, 2.24) is 0 Å². The zero-order chi connectivity index (χ0) is 9.26. The van der Waals surface area contributed by atoms with E-state index in [2.05, 4.69) is 4.99 Å². The molecule has 0 saturated carbocycles. The maximum Gasteiger partial charge on any atom is 0.296 e. The van der Waals surface area contributed by atoms with E-state index in [1.807, 2.05) is 12.1 Å². The second-order valence-electron chi connectivity index (χ2n) is 2.59. The zero-order valence-electron chi connectivity index (χ0n) is 6.62. The zero-order valence-corrected chi connectivity index (χ0v) is 7.38. The number of halogens is 1. The summed E-state index contributed by atoms with van der Waals surface area (Å²) in [5.74, 6) is 0.0924. The predicted molar refractivity (Wildman–Crippen MR) is 48.9 cm³/mol. The van der Waals surface area contributed by atoms with Crippen molar-refractivity contribution >= 4 is 23.2 Å². The first-order chi connectivity index (χ1) is 6.29. The molecule has 13 heavy (non-hydrogen) atoms. The van der Waals surface area contributed by atoms with Crippen molar-refractivity contribution in [1.29, 1.82) is 5.26 Å². The third kappa shape index (κ3) is 1.49. The number of rotatable bonds is 0. The molecule has 1 aliphatic rings. The summed E-state index contributed by atoms with van der Waals surface area (Å²) < 4.78 is 5.04. The molecule has 0 atom stereocenters. The van der Waals surface area contributed by atoms with Crippen LogP contribution in [0, 0.1) is 11.3 Å². The van der Waals surface area contributed by atoms with E-state index in [9.17, 15) is 0 Å². The summed E-state index contributed by atoms with van der Waals surface area (Å²) in [4.78, 5) is 3.97. The van der Waals surface area contributed by atoms with E-state index in [4.69, 9.17) is 21.6 Å². The summed E-state index contributed by atoms with van der Waals surface area (Å²) in [7, 11) is 0. The summed E-state index contributed by atoms with van der Waals surface area (Å²) in [5.41, 5.74) is 1.67. The number of nitrogens with zero attached hydrogens (tertiary/aromatic N) is 2. The Morgan fingerprint density at radius 3 is 3.15 bits per heavy atom. The van der Waals surface area contributed by atoms with Crippen LogP contribution < -0.4 is 0 Å². The molecule has 0 N–H and O–H groups in total. The molecule has 1 aliphatic heterocycles. The largest absolute Gasteiger partial charge is 0.465 e. The molecular formula is C9H5ClN2O. The summed E-state index contributed by atoms with van der Waals surface area (Å²) in [5, 5.41) is 9.16. The lowest BCUT2D eigenvalue weighted by molar-refractivity contribution is 0.291. The van der Waals surface area contributed by atoms with Crippen LogP contribution in [-0.2, 0) is 11.3 Å². The molecule has 0 amide bonds. The van der Waals surface area contributed by atoms with Gasteiger partial charge in [0.25, 0.3) is 5.90 Å². The van der Waals surface area contributed by atoms with Gasteiger partial charge in [0.2, 0.25) is 0 Å². The van der Waals surface area contributed by atoms with Crippen molar-refractivity contribution in [3.05, 3.63) is 28.8 Å². The van der Waals surface area contributed by atoms with Crippen LogP contribution in [0.15, 0.2) is 23.2 Å². The Balaban J connectivity index is 2.51. The molecule has 0 aromatic heterocycles. The predicted octanol–water partition coefficient (Wildman–Crippen LogP) is 2.42. The third-order valence-electron chi connectivity index (χ3n) is 1.73. The number of aliphatic imine (C=N–C) groups is 1. The number of ether oxygens (including phenoxy) is 1. The highest BCUT2D eigenvalue weighted by Crippen LogP contribution is 2.27. The molecular weight excluding hydrogens is 188 g/mol. The summed E-state index contributed by atoms with van der Waals surface area (Å²) in [6.45, 7) is 0.388. The lowest BCUT2D eigenvalue weighted by atomic mass is 10.2. The first-order valence-corrected chi connectivity index (χ1v) is 4.07. The fraction of sp³-hybridized carbons (Fsp3) is 0.111. The van der Waals surface area contributed by atoms with Gasteiger partial charge in [-0.3, -0.25) is 0 Å². The Labute approximate surface area is 80.2 Å². The van der Waals surface area contributed by atoms with Gasteiger partial charge in [-0.25, -0.2) is 4.99 Å². The fourth-order valence-electron chi connectivity index (χ4n) is 1.11. The monoisotopic (exact) mass is 192 g/mol. The van der Waals surface area contributed by atoms with E-state index < -0.39 is 0 Å². The highest BCUT2D eigenvalue weighted by atomic mass is 35.5. The average Bonchev–Trinajstić information content (AvgIpc) is 2.16. The molecule has 1 heterocycles. The highest BCUT2D eigenvalue weighted by molar-refractivity contribution is 6.30. The quantitative estimate of drug-likeness (QED) is 0.634. The molecule has 0 fully saturated rings. The van der Waals surface area contributed by atoms with E-state index in [1.54, 1.807) is 12.1 Å². The Kier molecular flexibility index (Phi) is 1.91. The molecule has 0 unspecified atom stereocenters. The van der Waals surface area contributed by atoms with Gasteiger partial charge in [-0.2, -0.15) is 5.26 Å². The van der Waals surface area contributed by atoms with Gasteiger partial charge >= 0.3 is 0 Å². The first kappa shape index (κ1) is 8.09. The van der Waals surface area contributed by atoms with Crippen molar-refractivity contribution in [3.63, 3.8) is 0 Å². The average molecular weight is 193 g/mol. The second kappa shape index (κ2) is 3.08. The Morgan fingerprint density at radius 1 is 1.54 bits per heavy atom. The Morgan fingerprint density at radius 2 is 2.38 bits per heavy atom. The smallest absolute Gasteiger partial charge is 0.296 e. The number of nitriles is 1. The van der Waals surface area contributed by atoms with Crippen LogP contribution in [0.5, 0.6) is 0 Å². The highest BCUT2D eigenvalue weighted by Gasteiger charge is 2.11. The maximum absolute atomic E-state index is 8.55. The van der Waals surface area contributed by atoms with Gasteiger partial charge in [0.05, 0.1) is 5.69 Å². The third-order valence-corrected chi connectivity index (χ3v) is 1.96. The van der Waals surface area contributed by atoms with E-state index in [0.29, 0.717) is 11.6 Å². The number of hydrogen-bond acceptors (Lipinski definition) is 3. The minimum Gasteiger partial charge on any atom is -0.465 e. The van der Waals surface area contributed by atoms with E-state index in [1.165, 1.54) is 0 Å². The number of fused-ring (bicyclic) bond motifs is 1. The van der Waals surface area contributed by atoms with Crippen LogP contribution in [0.3, 0.4) is 0 Å². The van der Waals surface area contributed by atoms with Crippen LogP contribution in [0.2, 0.25) is 5.02 Å². The van der Waals surface area contributed by atoms with Crippen LogP contribution in [0.25, 0.3) is 0 Å². The minimum atomic E-state index is 0.0924. The van der Waals surface area contributed by atoms with E-state index in [-0.39, 0.29) is 5.90 Å². The summed E-state index contributed by atoms with van der Waals surface area (Å²) in [6, 6.07) is 7.18. The molecule has 4 heteroatoms. The molecule has 0 spiro atoms. The molecule has 0 bridgehead atoms. The van der Waals surface area contributed by atoms with Crippen molar-refractivity contribution in [2.75, 3.05) is 0 Å². The fourth-order valence-corrected chi connectivity index (χ4v) is 1.27. The molecule has 0 aliphatic carbocycles. The minimum absolute atomic E-state index is 0.0924. The van der Waals surface area contributed by atoms with Crippen LogP contribution >= 0.6 is 11.6 Å². The topological polar surface area (TPSA) is 45.4 Å². The molecule has 3 nitrogen and oxygen atoms in total. The Hall–Kier alpha value is -1.53. The maximum atomic E-state index is 8.55. The van der Waals surface area contributed by atoms with Crippen molar-refractivity contribution in [2.24, 2.45) is 4.99 Å². The number of benzene rings is 1. The van der Waals surface area contributed by atoms with Crippen molar-refractivity contribution < 1.29 is 4.74 Å². The summed E-state index contributed by atoms with van der Waals surface area (Å²) >= 11 is 5.77. The first-order valence-electron chi connectivity index (χ1n) is 3.69. The van der Waals surface area contributed by atoms with Gasteiger partial charge in [0.1, 0.15) is 6.61 Å². The molecule has 0 radical (unpaired) electrons. The Bertz CT molecular complexity index is 420. The van der Waals surface area contributed by atoms with Gasteiger partial charge in [-0.05, 0) is 12.1 Å². The molecule has 0 saturated heterocycles. The lowest BCUT2D eigenvalue weighted by Crippen LogP contribution is -2.06. The van der Waals surface area contributed by atoms with Gasteiger partial charge < -0.3 is 4.74 Å². The van der Waals surface area contributed by atoms with E-state index in [0.717, 1.165) is 11.3 Å². The SMILES string of the molecule is N#CC1=Nc2cc(Cl)ccc2CO1. The van der Waals surface area contributed by atoms with Crippen LogP contribution in [-0.4, -0.2) is 5.90 Å². The molecule has 2 rings (SSSR count). The van der Waals surface area contributed by atoms with E-state index >= 15 is 0 Å². The number of hydrogen-bond donors (Lipinski definition) is 0. The van der Waals surface area contributed by atoms with Gasteiger partial charge in [-0.1, -0.05) is 17.7 Å². The molecule has 1 aromatic rings. The summed E-state index contributed by atoms with van der Waals surface area (Å²) in [6.07, 6.45) is 0. The van der Waals surface area contributed by atoms with Crippen molar-refractivity contribution in [2.45, 2.75) is 6.61 Å². The van der Waals surface area contributed by atoms with Crippen LogP contribution in [0.1, 0.15) is 5.56 Å². The standard InChI is InChI=1S/C9H5ClN2O/c10-7-2-1-6-5-13-9(4-11)12-8(6)3-7/h1-3H,5H2. The second-order valence-corrected chi connectivity index (χ2v) is 3.03. The van der Waals surface area contributed by atoms with Crippen LogP contribution in [0.4, 0.5) is 5.69 Å². The molecule has 64 valence electrons. The van der Waals surface area contributed by atoms with Crippen molar-refractivity contribution in [3.8, 4) is 6.07 Å². The van der Waals surface area contributed by atoms with Gasteiger partial charge in [-0.15, -0.1) is 0 Å². The van der Waals surface area contributed by atoms with Gasteiger partial charge in [0.15, 0.2) is 6.07 Å². The van der Waals surface area contributed by atoms with Gasteiger partial charge in [0, 0.05) is 10.6 Å². The molecule has 1 aromatic carbocycles. The normalized spacial score (nSPS) is 13.7.